The predicted molar refractivity (Wildman–Crippen MR) is 50.3 cm³/mol. The quantitative estimate of drug-likeness (QED) is 0.700. The molecule has 1 saturated heterocycles. The number of carbonyl (C=O) groups excluding carboxylic acids is 1. The third-order valence-electron chi connectivity index (χ3n) is 2.27. The number of benzene rings is 1. The fraction of sp³-hybridized carbons (Fsp3) is 0.300. The Hall–Kier alpha value is -1.58. The highest BCUT2D eigenvalue weighted by Gasteiger charge is 2.18. The molecular weight excluding hydrogens is 183 g/mol. The van der Waals surface area contributed by atoms with Crippen molar-refractivity contribution in [3.8, 4) is 0 Å². The average molecular weight is 194 g/mol. The number of urea groups is 1. The van der Waals surface area contributed by atoms with Crippen LogP contribution in [0.25, 0.3) is 0 Å². The zero-order chi connectivity index (χ0) is 9.97. The molecule has 1 aliphatic rings. The fourth-order valence-electron chi connectivity index (χ4n) is 1.58. The van der Waals surface area contributed by atoms with Crippen LogP contribution in [0.2, 0.25) is 0 Å². The molecule has 4 heteroatoms. The van der Waals surface area contributed by atoms with Gasteiger partial charge in [0.25, 0.3) is 0 Å². The maximum absolute atomic E-state index is 12.9. The highest BCUT2D eigenvalue weighted by Crippen LogP contribution is 2.18. The van der Waals surface area contributed by atoms with Crippen molar-refractivity contribution in [1.29, 1.82) is 0 Å². The summed E-state index contributed by atoms with van der Waals surface area (Å²) in [6, 6.07) is 6.06. The Labute approximate surface area is 81.3 Å². The minimum Gasteiger partial charge on any atom is -0.338 e. The summed E-state index contributed by atoms with van der Waals surface area (Å²) in [7, 11) is 0. The van der Waals surface area contributed by atoms with Gasteiger partial charge in [-0.1, -0.05) is 12.1 Å². The first-order valence-electron chi connectivity index (χ1n) is 4.55. The van der Waals surface area contributed by atoms with E-state index >= 15 is 0 Å². The summed E-state index contributed by atoms with van der Waals surface area (Å²) < 4.78 is 12.9. The lowest BCUT2D eigenvalue weighted by Gasteiger charge is -2.24. The second kappa shape index (κ2) is 3.65. The molecular formula is C10H11FN2O. The van der Waals surface area contributed by atoms with Gasteiger partial charge in [-0.2, -0.15) is 0 Å². The van der Waals surface area contributed by atoms with Gasteiger partial charge in [-0.3, -0.25) is 0 Å². The first kappa shape index (κ1) is 8.99. The monoisotopic (exact) mass is 194 g/mol. The number of hydrogen-bond acceptors (Lipinski definition) is 1. The number of carbonyl (C=O) groups is 1. The summed E-state index contributed by atoms with van der Waals surface area (Å²) >= 11 is 0. The second-order valence-corrected chi connectivity index (χ2v) is 3.30. The lowest BCUT2D eigenvalue weighted by atomic mass is 10.0. The van der Waals surface area contributed by atoms with Crippen LogP contribution in [0.3, 0.4) is 0 Å². The molecule has 2 N–H and O–H groups in total. The summed E-state index contributed by atoms with van der Waals surface area (Å²) in [5, 5.41) is 5.40. The van der Waals surface area contributed by atoms with Crippen LogP contribution in [0, 0.1) is 5.82 Å². The highest BCUT2D eigenvalue weighted by molar-refractivity contribution is 5.75. The fourth-order valence-corrected chi connectivity index (χ4v) is 1.58. The van der Waals surface area contributed by atoms with Gasteiger partial charge in [-0.25, -0.2) is 9.18 Å². The van der Waals surface area contributed by atoms with Crippen LogP contribution in [0.15, 0.2) is 24.3 Å². The summed E-state index contributed by atoms with van der Waals surface area (Å²) in [5.41, 5.74) is 0.819. The molecule has 1 heterocycles. The molecule has 1 aromatic carbocycles. The number of halogens is 1. The molecule has 2 rings (SSSR count). The number of amides is 2. The SMILES string of the molecule is O=C1NCCC(c2cccc(F)c2)N1. The van der Waals surface area contributed by atoms with E-state index in [1.54, 1.807) is 6.07 Å². The van der Waals surface area contributed by atoms with Gasteiger partial charge in [0, 0.05) is 6.54 Å². The Morgan fingerprint density at radius 3 is 3.00 bits per heavy atom. The molecule has 14 heavy (non-hydrogen) atoms. The van der Waals surface area contributed by atoms with Crippen LogP contribution < -0.4 is 10.6 Å². The van der Waals surface area contributed by atoms with E-state index in [0.717, 1.165) is 12.0 Å². The number of nitrogens with one attached hydrogen (secondary N) is 2. The van der Waals surface area contributed by atoms with E-state index in [1.165, 1.54) is 12.1 Å². The molecule has 1 aliphatic heterocycles. The number of hydrogen-bond donors (Lipinski definition) is 2. The minimum atomic E-state index is -0.268. The summed E-state index contributed by atoms with van der Waals surface area (Å²) in [4.78, 5) is 11.0. The van der Waals surface area contributed by atoms with Crippen molar-refractivity contribution >= 4 is 6.03 Å². The smallest absolute Gasteiger partial charge is 0.315 e. The van der Waals surface area contributed by atoms with Gasteiger partial charge in [0.05, 0.1) is 6.04 Å². The number of rotatable bonds is 1. The first-order valence-corrected chi connectivity index (χ1v) is 4.55. The van der Waals surface area contributed by atoms with Gasteiger partial charge in [0.1, 0.15) is 5.82 Å². The van der Waals surface area contributed by atoms with Crippen LogP contribution in [0.4, 0.5) is 9.18 Å². The average Bonchev–Trinajstić information content (AvgIpc) is 2.18. The van der Waals surface area contributed by atoms with Crippen molar-refractivity contribution < 1.29 is 9.18 Å². The maximum Gasteiger partial charge on any atom is 0.315 e. The van der Waals surface area contributed by atoms with Crippen LogP contribution >= 0.6 is 0 Å². The van der Waals surface area contributed by atoms with Crippen molar-refractivity contribution in [2.24, 2.45) is 0 Å². The van der Waals surface area contributed by atoms with Gasteiger partial charge < -0.3 is 10.6 Å². The van der Waals surface area contributed by atoms with E-state index < -0.39 is 0 Å². The van der Waals surface area contributed by atoms with Crippen molar-refractivity contribution in [3.63, 3.8) is 0 Å². The standard InChI is InChI=1S/C10H11FN2O/c11-8-3-1-2-7(6-8)9-4-5-12-10(14)13-9/h1-3,6,9H,4-5H2,(H2,12,13,14). The molecule has 0 bridgehead atoms. The van der Waals surface area contributed by atoms with Crippen LogP contribution in [0.1, 0.15) is 18.0 Å². The Balaban J connectivity index is 2.17. The molecule has 74 valence electrons. The Morgan fingerprint density at radius 2 is 2.29 bits per heavy atom. The molecule has 0 aliphatic carbocycles. The van der Waals surface area contributed by atoms with Gasteiger partial charge in [-0.15, -0.1) is 0 Å². The van der Waals surface area contributed by atoms with E-state index in [2.05, 4.69) is 10.6 Å². The van der Waals surface area contributed by atoms with Gasteiger partial charge in [0.15, 0.2) is 0 Å². The Kier molecular flexibility index (Phi) is 2.35. The summed E-state index contributed by atoms with van der Waals surface area (Å²) in [6.07, 6.45) is 0.787. The van der Waals surface area contributed by atoms with Gasteiger partial charge >= 0.3 is 6.03 Å². The first-order chi connectivity index (χ1) is 6.75. The minimum absolute atomic E-state index is 0.0700. The Bertz CT molecular complexity index is 354. The second-order valence-electron chi connectivity index (χ2n) is 3.30. The van der Waals surface area contributed by atoms with E-state index in [4.69, 9.17) is 0 Å². The molecule has 1 atom stereocenters. The molecule has 1 aromatic rings. The topological polar surface area (TPSA) is 41.1 Å². The molecule has 0 spiro atoms. The zero-order valence-electron chi connectivity index (χ0n) is 7.59. The highest BCUT2D eigenvalue weighted by atomic mass is 19.1. The van der Waals surface area contributed by atoms with Gasteiger partial charge in [-0.05, 0) is 24.1 Å². The van der Waals surface area contributed by atoms with Crippen LogP contribution in [-0.2, 0) is 0 Å². The van der Waals surface area contributed by atoms with E-state index in [1.807, 2.05) is 6.07 Å². The molecule has 3 nitrogen and oxygen atoms in total. The maximum atomic E-state index is 12.9. The molecule has 1 unspecified atom stereocenters. The molecule has 2 amide bonds. The van der Waals surface area contributed by atoms with Crippen LogP contribution in [0.5, 0.6) is 0 Å². The predicted octanol–water partition coefficient (Wildman–Crippen LogP) is 1.57. The molecule has 0 radical (unpaired) electrons. The lowest BCUT2D eigenvalue weighted by molar-refractivity contribution is 0.229. The molecule has 0 aromatic heterocycles. The Morgan fingerprint density at radius 1 is 1.43 bits per heavy atom. The van der Waals surface area contributed by atoms with E-state index in [9.17, 15) is 9.18 Å². The van der Waals surface area contributed by atoms with Crippen LogP contribution in [-0.4, -0.2) is 12.6 Å². The molecule has 0 saturated carbocycles. The van der Waals surface area contributed by atoms with Crippen molar-refractivity contribution in [2.45, 2.75) is 12.5 Å². The summed E-state index contributed by atoms with van der Waals surface area (Å²) in [6.45, 7) is 0.632. The lowest BCUT2D eigenvalue weighted by Crippen LogP contribution is -2.44. The largest absolute Gasteiger partial charge is 0.338 e. The van der Waals surface area contributed by atoms with Gasteiger partial charge in [0.2, 0.25) is 0 Å². The van der Waals surface area contributed by atoms with Crippen molar-refractivity contribution in [3.05, 3.63) is 35.6 Å². The summed E-state index contributed by atoms with van der Waals surface area (Å²) in [5.74, 6) is -0.268. The zero-order valence-corrected chi connectivity index (χ0v) is 7.59. The van der Waals surface area contributed by atoms with E-state index in [-0.39, 0.29) is 17.9 Å². The normalized spacial score (nSPS) is 21.2. The third-order valence-corrected chi connectivity index (χ3v) is 2.27. The van der Waals surface area contributed by atoms with Crippen molar-refractivity contribution in [1.82, 2.24) is 10.6 Å². The van der Waals surface area contributed by atoms with Crippen molar-refractivity contribution in [2.75, 3.05) is 6.54 Å². The third kappa shape index (κ3) is 1.84. The van der Waals surface area contributed by atoms with E-state index in [0.29, 0.717) is 6.54 Å². The molecule has 1 fully saturated rings.